The molecule has 1 aliphatic rings. The van der Waals surface area contributed by atoms with Crippen molar-refractivity contribution in [1.29, 1.82) is 0 Å². The number of aryl methyl sites for hydroxylation is 1. The van der Waals surface area contributed by atoms with Crippen molar-refractivity contribution < 1.29 is 4.79 Å². The predicted molar refractivity (Wildman–Crippen MR) is 74.5 cm³/mol. The van der Waals surface area contributed by atoms with Crippen LogP contribution in [0.15, 0.2) is 29.3 Å². The first-order valence-electron chi connectivity index (χ1n) is 5.41. The third-order valence-electron chi connectivity index (χ3n) is 2.98. The van der Waals surface area contributed by atoms with E-state index < -0.39 is 0 Å². The van der Waals surface area contributed by atoms with Gasteiger partial charge in [0, 0.05) is 28.4 Å². The van der Waals surface area contributed by atoms with Crippen LogP contribution in [-0.2, 0) is 4.79 Å². The van der Waals surface area contributed by atoms with Gasteiger partial charge >= 0.3 is 0 Å². The van der Waals surface area contributed by atoms with Crippen LogP contribution in [0.5, 0.6) is 0 Å². The number of nitrogens with zero attached hydrogens (tertiary/aromatic N) is 1. The molecule has 0 radical (unpaired) electrons. The molecule has 0 bridgehead atoms. The number of carbonyl (C=O) groups excluding carboxylic acids is 1. The zero-order valence-corrected chi connectivity index (χ0v) is 11.9. The predicted octanol–water partition coefficient (Wildman–Crippen LogP) is 3.95. The zero-order chi connectivity index (χ0) is 12.6. The van der Waals surface area contributed by atoms with Crippen molar-refractivity contribution in [3.63, 3.8) is 0 Å². The largest absolute Gasteiger partial charge is 0.310 e. The Kier molecular flexibility index (Phi) is 3.59. The van der Waals surface area contributed by atoms with Gasteiger partial charge < -0.3 is 4.90 Å². The molecule has 0 spiro atoms. The molecule has 0 N–H and O–H groups in total. The molecule has 1 unspecified atom stereocenters. The molecule has 1 fully saturated rings. The van der Waals surface area contributed by atoms with E-state index in [0.717, 1.165) is 15.7 Å². The van der Waals surface area contributed by atoms with Gasteiger partial charge in [0.05, 0.1) is 5.69 Å². The van der Waals surface area contributed by atoms with Crippen LogP contribution >= 0.6 is 27.5 Å². The summed E-state index contributed by atoms with van der Waals surface area (Å²) in [5, 5.41) is 0.671. The lowest BCUT2D eigenvalue weighted by atomic mass is 10.1. The maximum atomic E-state index is 12.0. The van der Waals surface area contributed by atoms with Gasteiger partial charge in [-0.2, -0.15) is 0 Å². The first-order chi connectivity index (χ1) is 8.02. The van der Waals surface area contributed by atoms with E-state index in [-0.39, 0.29) is 11.8 Å². The number of hydrogen-bond donors (Lipinski definition) is 0. The maximum Gasteiger partial charge on any atom is 0.227 e. The van der Waals surface area contributed by atoms with Gasteiger partial charge in [-0.1, -0.05) is 17.7 Å². The summed E-state index contributed by atoms with van der Waals surface area (Å²) in [5.74, 6) is 0.380. The average molecular weight is 315 g/mol. The molecular formula is C13H13BrClNO. The molecule has 1 saturated heterocycles. The lowest BCUT2D eigenvalue weighted by molar-refractivity contribution is -0.117. The number of carbonyl (C=O) groups is 1. The van der Waals surface area contributed by atoms with Crippen LogP contribution in [0.2, 0.25) is 5.02 Å². The van der Waals surface area contributed by atoms with Gasteiger partial charge in [0.25, 0.3) is 0 Å². The highest BCUT2D eigenvalue weighted by atomic mass is 79.9. The van der Waals surface area contributed by atoms with Gasteiger partial charge in [0.15, 0.2) is 0 Å². The molecule has 0 aliphatic carbocycles. The van der Waals surface area contributed by atoms with Gasteiger partial charge in [0.1, 0.15) is 0 Å². The molecule has 1 aliphatic heterocycles. The Morgan fingerprint density at radius 1 is 1.59 bits per heavy atom. The van der Waals surface area contributed by atoms with E-state index in [4.69, 9.17) is 11.6 Å². The Labute approximate surface area is 114 Å². The highest BCUT2D eigenvalue weighted by molar-refractivity contribution is 9.10. The van der Waals surface area contributed by atoms with Crippen molar-refractivity contribution in [2.45, 2.75) is 13.3 Å². The molecule has 0 saturated carbocycles. The number of anilines is 1. The molecule has 1 aromatic rings. The lowest BCUT2D eigenvalue weighted by Crippen LogP contribution is -2.25. The topological polar surface area (TPSA) is 20.3 Å². The number of rotatable bonds is 2. The van der Waals surface area contributed by atoms with Gasteiger partial charge in [-0.15, -0.1) is 6.58 Å². The smallest absolute Gasteiger partial charge is 0.227 e. The van der Waals surface area contributed by atoms with Gasteiger partial charge in [-0.25, -0.2) is 0 Å². The highest BCUT2D eigenvalue weighted by Crippen LogP contribution is 2.36. The molecule has 90 valence electrons. The van der Waals surface area contributed by atoms with Crippen molar-refractivity contribution in [2.24, 2.45) is 5.92 Å². The molecule has 4 heteroatoms. The number of hydrogen-bond acceptors (Lipinski definition) is 1. The van der Waals surface area contributed by atoms with Crippen molar-refractivity contribution in [3.05, 3.63) is 39.8 Å². The fourth-order valence-corrected chi connectivity index (χ4v) is 3.32. The van der Waals surface area contributed by atoms with E-state index in [2.05, 4.69) is 22.5 Å². The average Bonchev–Trinajstić information content (AvgIpc) is 2.59. The molecule has 1 amide bonds. The Morgan fingerprint density at radius 3 is 2.82 bits per heavy atom. The molecule has 1 atom stereocenters. The summed E-state index contributed by atoms with van der Waals surface area (Å²) in [5.41, 5.74) is 1.92. The standard InChI is InChI=1S/C13H13BrClNO/c1-3-9-5-12(17)16(7-9)13-8(2)4-10(15)6-11(13)14/h3-4,6,9H,1,5,7H2,2H3. The maximum absolute atomic E-state index is 12.0. The zero-order valence-electron chi connectivity index (χ0n) is 9.54. The fraction of sp³-hybridized carbons (Fsp3) is 0.308. The summed E-state index contributed by atoms with van der Waals surface area (Å²) in [6, 6.07) is 3.69. The lowest BCUT2D eigenvalue weighted by Gasteiger charge is -2.20. The summed E-state index contributed by atoms with van der Waals surface area (Å²) in [6.07, 6.45) is 2.38. The first-order valence-corrected chi connectivity index (χ1v) is 6.58. The Hall–Kier alpha value is -0.800. The first kappa shape index (κ1) is 12.7. The van der Waals surface area contributed by atoms with E-state index >= 15 is 0 Å². The minimum atomic E-state index is 0.140. The number of benzene rings is 1. The van der Waals surface area contributed by atoms with Crippen LogP contribution in [0.1, 0.15) is 12.0 Å². The van der Waals surface area contributed by atoms with Gasteiger partial charge in [-0.05, 0) is 40.5 Å². The monoisotopic (exact) mass is 313 g/mol. The van der Waals surface area contributed by atoms with E-state index in [1.807, 2.05) is 30.0 Å². The SMILES string of the molecule is C=CC1CC(=O)N(c2c(C)cc(Cl)cc2Br)C1. The Morgan fingerprint density at radius 2 is 2.29 bits per heavy atom. The summed E-state index contributed by atoms with van der Waals surface area (Å²) in [6.45, 7) is 6.41. The number of amides is 1. The van der Waals surface area contributed by atoms with Crippen LogP contribution in [0, 0.1) is 12.8 Å². The van der Waals surface area contributed by atoms with Crippen LogP contribution < -0.4 is 4.90 Å². The molecule has 0 aromatic heterocycles. The Bertz CT molecular complexity index is 463. The molecule has 2 nitrogen and oxygen atoms in total. The van der Waals surface area contributed by atoms with Crippen molar-refractivity contribution in [1.82, 2.24) is 0 Å². The summed E-state index contributed by atoms with van der Waals surface area (Å²) in [4.78, 5) is 13.8. The number of halogens is 2. The van der Waals surface area contributed by atoms with E-state index in [1.54, 1.807) is 0 Å². The van der Waals surface area contributed by atoms with Gasteiger partial charge in [0.2, 0.25) is 5.91 Å². The quantitative estimate of drug-likeness (QED) is 0.757. The van der Waals surface area contributed by atoms with Crippen LogP contribution in [0.3, 0.4) is 0 Å². The minimum absolute atomic E-state index is 0.140. The van der Waals surface area contributed by atoms with Crippen molar-refractivity contribution >= 4 is 39.1 Å². The summed E-state index contributed by atoms with van der Waals surface area (Å²) >= 11 is 9.44. The van der Waals surface area contributed by atoms with Gasteiger partial charge in [-0.3, -0.25) is 4.79 Å². The van der Waals surface area contributed by atoms with Crippen molar-refractivity contribution in [3.8, 4) is 0 Å². The second-order valence-electron chi connectivity index (χ2n) is 4.26. The van der Waals surface area contributed by atoms with Crippen LogP contribution in [0.4, 0.5) is 5.69 Å². The Balaban J connectivity index is 2.41. The molecule has 1 aromatic carbocycles. The van der Waals surface area contributed by atoms with Crippen LogP contribution in [0.25, 0.3) is 0 Å². The van der Waals surface area contributed by atoms with Crippen LogP contribution in [-0.4, -0.2) is 12.5 Å². The van der Waals surface area contributed by atoms with E-state index in [1.165, 1.54) is 0 Å². The minimum Gasteiger partial charge on any atom is -0.310 e. The highest BCUT2D eigenvalue weighted by Gasteiger charge is 2.30. The normalized spacial score (nSPS) is 19.8. The molecule has 1 heterocycles. The second-order valence-corrected chi connectivity index (χ2v) is 5.55. The molecule has 17 heavy (non-hydrogen) atoms. The van der Waals surface area contributed by atoms with Crippen molar-refractivity contribution in [2.75, 3.05) is 11.4 Å². The summed E-state index contributed by atoms with van der Waals surface area (Å²) < 4.78 is 0.862. The fourth-order valence-electron chi connectivity index (χ4n) is 2.15. The second kappa shape index (κ2) is 4.83. The molecular weight excluding hydrogens is 302 g/mol. The van der Waals surface area contributed by atoms with E-state index in [9.17, 15) is 4.79 Å². The summed E-state index contributed by atoms with van der Waals surface area (Å²) in [7, 11) is 0. The molecule has 2 rings (SSSR count). The third kappa shape index (κ3) is 2.40. The van der Waals surface area contributed by atoms with E-state index in [0.29, 0.717) is 18.0 Å². The third-order valence-corrected chi connectivity index (χ3v) is 3.80.